The highest BCUT2D eigenvalue weighted by molar-refractivity contribution is 7.79. The van der Waals surface area contributed by atoms with E-state index in [1.54, 1.807) is 0 Å². The molecule has 0 spiro atoms. The zero-order valence-corrected chi connectivity index (χ0v) is 8.83. The van der Waals surface area contributed by atoms with Gasteiger partial charge in [-0.2, -0.15) is 8.42 Å². The monoisotopic (exact) mass is 244 g/mol. The minimum absolute atomic E-state index is 0.833. The maximum atomic E-state index is 9.00. The molecule has 0 atom stereocenters. The van der Waals surface area contributed by atoms with E-state index in [-0.39, 0.29) is 0 Å². The van der Waals surface area contributed by atoms with Gasteiger partial charge >= 0.3 is 16.4 Å². The molecule has 92 valence electrons. The number of piperazine rings is 1. The normalized spacial score (nSPS) is 15.1. The van der Waals surface area contributed by atoms with Crippen LogP contribution in [-0.2, 0) is 10.4 Å². The predicted octanol–water partition coefficient (Wildman–Crippen LogP) is -2.45. The first-order valence-corrected chi connectivity index (χ1v) is 5.29. The van der Waals surface area contributed by atoms with Crippen molar-refractivity contribution in [3.8, 4) is 0 Å². The third kappa shape index (κ3) is 62.4. The third-order valence-electron chi connectivity index (χ3n) is 0.957. The van der Waals surface area contributed by atoms with E-state index < -0.39 is 16.4 Å². The molecule has 2 amide bonds. The van der Waals surface area contributed by atoms with Crippen molar-refractivity contribution in [3.63, 3.8) is 0 Å². The van der Waals surface area contributed by atoms with E-state index >= 15 is 0 Å². The second-order valence-electron chi connectivity index (χ2n) is 2.35. The smallest absolute Gasteiger partial charge is 0.352 e. The Morgan fingerprint density at radius 3 is 1.20 bits per heavy atom. The second kappa shape index (κ2) is 9.61. The standard InChI is InChI=1S/C4H10N2.CH4N2O.H2O4S/c1-2-6-4-3-5-1;2-1(3)4;1-5(2,3)4/h5-6H,1-4H2;(H4,2,3,4);(H2,1,2,3,4). The van der Waals surface area contributed by atoms with Gasteiger partial charge in [-0.15, -0.1) is 0 Å². The second-order valence-corrected chi connectivity index (χ2v) is 3.25. The van der Waals surface area contributed by atoms with Crippen LogP contribution in [0.2, 0.25) is 0 Å². The summed E-state index contributed by atoms with van der Waals surface area (Å²) >= 11 is 0. The Labute approximate surface area is 87.8 Å². The molecule has 0 bridgehead atoms. The number of hydrogen-bond acceptors (Lipinski definition) is 5. The minimum Gasteiger partial charge on any atom is -0.352 e. The molecule has 0 radical (unpaired) electrons. The molecule has 15 heavy (non-hydrogen) atoms. The summed E-state index contributed by atoms with van der Waals surface area (Å²) in [4.78, 5) is 9.00. The van der Waals surface area contributed by atoms with Crippen molar-refractivity contribution in [3.05, 3.63) is 0 Å². The van der Waals surface area contributed by atoms with Gasteiger partial charge in [0.05, 0.1) is 0 Å². The summed E-state index contributed by atoms with van der Waals surface area (Å²) in [6.45, 7) is 4.56. The van der Waals surface area contributed by atoms with Gasteiger partial charge in [0.15, 0.2) is 0 Å². The van der Waals surface area contributed by atoms with E-state index in [0.717, 1.165) is 26.2 Å². The van der Waals surface area contributed by atoms with Crippen molar-refractivity contribution in [2.75, 3.05) is 26.2 Å². The molecule has 1 aliphatic heterocycles. The minimum atomic E-state index is -4.67. The molecule has 1 saturated heterocycles. The Bertz CT molecular complexity index is 227. The predicted molar refractivity (Wildman–Crippen MR) is 53.7 cm³/mol. The van der Waals surface area contributed by atoms with Crippen LogP contribution in [0.4, 0.5) is 4.79 Å². The average molecular weight is 244 g/mol. The van der Waals surface area contributed by atoms with Gasteiger partial charge in [-0.25, -0.2) is 4.79 Å². The molecular weight excluding hydrogens is 228 g/mol. The lowest BCUT2D eigenvalue weighted by atomic mass is 10.4. The van der Waals surface area contributed by atoms with Gasteiger partial charge in [-0.1, -0.05) is 0 Å². The van der Waals surface area contributed by atoms with Crippen LogP contribution in [0.5, 0.6) is 0 Å². The molecule has 0 aromatic heterocycles. The van der Waals surface area contributed by atoms with Crippen LogP contribution >= 0.6 is 0 Å². The molecular formula is C5H16N4O5S. The van der Waals surface area contributed by atoms with E-state index in [1.165, 1.54) is 0 Å². The largest absolute Gasteiger partial charge is 0.394 e. The van der Waals surface area contributed by atoms with Gasteiger partial charge in [0.1, 0.15) is 0 Å². The van der Waals surface area contributed by atoms with Gasteiger partial charge in [-0.05, 0) is 0 Å². The maximum Gasteiger partial charge on any atom is 0.394 e. The van der Waals surface area contributed by atoms with Crippen molar-refractivity contribution >= 4 is 16.4 Å². The van der Waals surface area contributed by atoms with Gasteiger partial charge in [-0.3, -0.25) is 9.11 Å². The summed E-state index contributed by atoms with van der Waals surface area (Å²) in [6, 6.07) is -0.833. The molecule has 1 heterocycles. The number of carbonyl (C=O) groups is 1. The van der Waals surface area contributed by atoms with Crippen molar-refractivity contribution in [2.45, 2.75) is 0 Å². The first kappa shape index (κ1) is 16.5. The molecule has 1 rings (SSSR count). The Kier molecular flexibility index (Phi) is 10.6. The highest BCUT2D eigenvalue weighted by atomic mass is 32.3. The Balaban J connectivity index is 0. The summed E-state index contributed by atoms with van der Waals surface area (Å²) in [7, 11) is -4.67. The van der Waals surface area contributed by atoms with Crippen LogP contribution in [0.15, 0.2) is 0 Å². The first-order chi connectivity index (χ1) is 6.73. The molecule has 9 nitrogen and oxygen atoms in total. The van der Waals surface area contributed by atoms with Gasteiger partial charge in [0.25, 0.3) is 0 Å². The van der Waals surface area contributed by atoms with E-state index in [9.17, 15) is 0 Å². The highest BCUT2D eigenvalue weighted by Gasteiger charge is 1.91. The summed E-state index contributed by atoms with van der Waals surface area (Å²) in [5.74, 6) is 0. The molecule has 0 aromatic carbocycles. The van der Waals surface area contributed by atoms with E-state index in [1.807, 2.05) is 0 Å². The molecule has 10 heteroatoms. The Morgan fingerprint density at radius 2 is 1.13 bits per heavy atom. The topological polar surface area (TPSA) is 168 Å². The number of rotatable bonds is 0. The third-order valence-corrected chi connectivity index (χ3v) is 0.957. The van der Waals surface area contributed by atoms with Crippen LogP contribution in [0.3, 0.4) is 0 Å². The summed E-state index contributed by atoms with van der Waals surface area (Å²) in [6.07, 6.45) is 0. The van der Waals surface area contributed by atoms with Gasteiger partial charge in [0, 0.05) is 26.2 Å². The fraction of sp³-hybridized carbons (Fsp3) is 0.800. The molecule has 1 aliphatic rings. The number of nitrogens with one attached hydrogen (secondary N) is 2. The van der Waals surface area contributed by atoms with E-state index in [0.29, 0.717) is 0 Å². The van der Waals surface area contributed by atoms with Crippen LogP contribution in [0.1, 0.15) is 0 Å². The van der Waals surface area contributed by atoms with Crippen molar-refractivity contribution in [1.29, 1.82) is 0 Å². The molecule has 0 aromatic rings. The summed E-state index contributed by atoms with van der Waals surface area (Å²) in [5, 5.41) is 6.44. The molecule has 0 aliphatic carbocycles. The molecule has 0 saturated carbocycles. The van der Waals surface area contributed by atoms with Crippen molar-refractivity contribution in [2.24, 2.45) is 11.5 Å². The number of primary amides is 2. The summed E-state index contributed by atoms with van der Waals surface area (Å²) < 4.78 is 31.6. The van der Waals surface area contributed by atoms with E-state index in [4.69, 9.17) is 22.3 Å². The maximum absolute atomic E-state index is 9.00. The number of urea groups is 1. The molecule has 1 fully saturated rings. The average Bonchev–Trinajstić information content (AvgIpc) is 2.03. The number of nitrogens with two attached hydrogens (primary N) is 2. The van der Waals surface area contributed by atoms with Crippen molar-refractivity contribution in [1.82, 2.24) is 10.6 Å². The Hall–Kier alpha value is -0.940. The van der Waals surface area contributed by atoms with Gasteiger partial charge in [0.2, 0.25) is 0 Å². The fourth-order valence-electron chi connectivity index (χ4n) is 0.604. The van der Waals surface area contributed by atoms with E-state index in [2.05, 4.69) is 22.1 Å². The Morgan fingerprint density at radius 1 is 1.00 bits per heavy atom. The lowest BCUT2D eigenvalue weighted by Gasteiger charge is -2.11. The summed E-state index contributed by atoms with van der Waals surface area (Å²) in [5.41, 5.74) is 8.50. The lowest BCUT2D eigenvalue weighted by Crippen LogP contribution is -2.39. The number of hydrogen-bond donors (Lipinski definition) is 6. The first-order valence-electron chi connectivity index (χ1n) is 3.89. The number of carbonyl (C=O) groups excluding carboxylic acids is 1. The van der Waals surface area contributed by atoms with Crippen LogP contribution in [-0.4, -0.2) is 49.7 Å². The van der Waals surface area contributed by atoms with Crippen LogP contribution < -0.4 is 22.1 Å². The highest BCUT2D eigenvalue weighted by Crippen LogP contribution is 1.65. The van der Waals surface area contributed by atoms with Crippen molar-refractivity contribution < 1.29 is 22.3 Å². The van der Waals surface area contributed by atoms with Crippen LogP contribution in [0.25, 0.3) is 0 Å². The molecule has 0 unspecified atom stereocenters. The quantitative estimate of drug-likeness (QED) is 0.257. The van der Waals surface area contributed by atoms with Crippen LogP contribution in [0, 0.1) is 0 Å². The SMILES string of the molecule is C1CNCCN1.NC(N)=O.O=S(=O)(O)O. The fourth-order valence-corrected chi connectivity index (χ4v) is 0.604. The zero-order chi connectivity index (χ0) is 12.3. The zero-order valence-electron chi connectivity index (χ0n) is 8.01. The lowest BCUT2D eigenvalue weighted by molar-refractivity contribution is 0.256. The van der Waals surface area contributed by atoms with Gasteiger partial charge < -0.3 is 22.1 Å². The number of amides is 2. The molecule has 8 N–H and O–H groups in total.